The van der Waals surface area contributed by atoms with Gasteiger partial charge in [-0.1, -0.05) is 24.3 Å². The summed E-state index contributed by atoms with van der Waals surface area (Å²) in [4.78, 5) is 4.82. The molecule has 1 aliphatic heterocycles. The normalized spacial score (nSPS) is 13.3. The maximum atomic E-state index is 2.41. The molecule has 3 aromatic rings. The number of fused-ring (bicyclic) bond motifs is 1. The Morgan fingerprint density at radius 2 is 0.920 bits per heavy atom. The van der Waals surface area contributed by atoms with E-state index in [-0.39, 0.29) is 0 Å². The Labute approximate surface area is 150 Å². The van der Waals surface area contributed by atoms with E-state index < -0.39 is 0 Å². The zero-order chi connectivity index (χ0) is 17.6. The summed E-state index contributed by atoms with van der Waals surface area (Å²) in [6.07, 6.45) is 0. The summed E-state index contributed by atoms with van der Waals surface area (Å²) in [5.41, 5.74) is 10.3. The van der Waals surface area contributed by atoms with E-state index in [9.17, 15) is 0 Å². The minimum Gasteiger partial charge on any atom is -0.321 e. The van der Waals surface area contributed by atoms with Crippen molar-refractivity contribution in [2.45, 2.75) is 27.7 Å². The van der Waals surface area contributed by atoms with Crippen molar-refractivity contribution >= 4 is 22.7 Å². The van der Waals surface area contributed by atoms with Crippen LogP contribution in [0.2, 0.25) is 0 Å². The second kappa shape index (κ2) is 5.96. The lowest BCUT2D eigenvalue weighted by Crippen LogP contribution is -2.24. The highest BCUT2D eigenvalue weighted by molar-refractivity contribution is 5.87. The van der Waals surface area contributed by atoms with Crippen molar-refractivity contribution in [1.82, 2.24) is 0 Å². The van der Waals surface area contributed by atoms with E-state index in [1.165, 1.54) is 45.0 Å². The average Bonchev–Trinajstić information content (AvgIpc) is 2.93. The van der Waals surface area contributed by atoms with E-state index >= 15 is 0 Å². The number of hydrogen-bond acceptors (Lipinski definition) is 2. The van der Waals surface area contributed by atoms with Crippen LogP contribution in [0, 0.1) is 27.7 Å². The maximum absolute atomic E-state index is 2.41. The maximum Gasteiger partial charge on any atom is 0.100 e. The number of nitrogens with zero attached hydrogens (tertiary/aromatic N) is 2. The van der Waals surface area contributed by atoms with E-state index in [0.717, 1.165) is 6.67 Å². The fourth-order valence-electron chi connectivity index (χ4n) is 3.87. The number of aryl methyl sites for hydroxylation is 4. The van der Waals surface area contributed by atoms with Crippen LogP contribution in [0.5, 0.6) is 0 Å². The lowest BCUT2D eigenvalue weighted by Gasteiger charge is -2.23. The summed E-state index contributed by atoms with van der Waals surface area (Å²) < 4.78 is 0. The number of hydrogen-bond donors (Lipinski definition) is 0. The van der Waals surface area contributed by atoms with Gasteiger partial charge in [0.1, 0.15) is 6.67 Å². The van der Waals surface area contributed by atoms with Crippen LogP contribution < -0.4 is 9.80 Å². The van der Waals surface area contributed by atoms with Crippen LogP contribution in [0.3, 0.4) is 0 Å². The van der Waals surface area contributed by atoms with E-state index in [1.54, 1.807) is 0 Å². The molecule has 0 amide bonds. The van der Waals surface area contributed by atoms with Gasteiger partial charge in [0.15, 0.2) is 0 Å². The molecule has 0 bridgehead atoms. The summed E-state index contributed by atoms with van der Waals surface area (Å²) >= 11 is 0. The number of para-hydroxylation sites is 2. The van der Waals surface area contributed by atoms with Crippen LogP contribution in [-0.2, 0) is 0 Å². The van der Waals surface area contributed by atoms with E-state index in [4.69, 9.17) is 0 Å². The van der Waals surface area contributed by atoms with Crippen LogP contribution in [0.15, 0.2) is 60.7 Å². The van der Waals surface area contributed by atoms with Gasteiger partial charge in [-0.3, -0.25) is 0 Å². The molecule has 0 fully saturated rings. The van der Waals surface area contributed by atoms with Gasteiger partial charge in [-0.25, -0.2) is 0 Å². The van der Waals surface area contributed by atoms with Gasteiger partial charge in [0.2, 0.25) is 0 Å². The summed E-state index contributed by atoms with van der Waals surface area (Å²) in [5, 5.41) is 0. The van der Waals surface area contributed by atoms with Crippen molar-refractivity contribution < 1.29 is 0 Å². The topological polar surface area (TPSA) is 6.48 Å². The second-order valence-electron chi connectivity index (χ2n) is 7.18. The molecule has 0 spiro atoms. The van der Waals surface area contributed by atoms with Crippen LogP contribution in [-0.4, -0.2) is 6.67 Å². The third-order valence-corrected chi connectivity index (χ3v) is 4.78. The molecule has 25 heavy (non-hydrogen) atoms. The van der Waals surface area contributed by atoms with Gasteiger partial charge in [0.25, 0.3) is 0 Å². The first-order valence-electron chi connectivity index (χ1n) is 8.82. The predicted octanol–water partition coefficient (Wildman–Crippen LogP) is 6.17. The summed E-state index contributed by atoms with van der Waals surface area (Å²) in [6, 6.07) is 22.2. The van der Waals surface area contributed by atoms with Gasteiger partial charge in [-0.2, -0.15) is 0 Å². The minimum absolute atomic E-state index is 0.838. The van der Waals surface area contributed by atoms with Gasteiger partial charge in [0, 0.05) is 11.4 Å². The number of benzene rings is 3. The smallest absolute Gasteiger partial charge is 0.100 e. The molecule has 0 radical (unpaired) electrons. The molecule has 1 aliphatic rings. The van der Waals surface area contributed by atoms with Gasteiger partial charge in [0.05, 0.1) is 11.4 Å². The SMILES string of the molecule is Cc1cc(C)cc(N2CN(c3cc(C)cc(C)c3)c3ccccc32)c1. The minimum atomic E-state index is 0.838. The monoisotopic (exact) mass is 328 g/mol. The molecule has 2 nitrogen and oxygen atoms in total. The van der Waals surface area contributed by atoms with Gasteiger partial charge >= 0.3 is 0 Å². The largest absolute Gasteiger partial charge is 0.321 e. The van der Waals surface area contributed by atoms with E-state index in [1.807, 2.05) is 0 Å². The molecule has 126 valence electrons. The lowest BCUT2D eigenvalue weighted by atomic mass is 10.1. The molecule has 0 saturated carbocycles. The summed E-state index contributed by atoms with van der Waals surface area (Å²) in [7, 11) is 0. The first-order chi connectivity index (χ1) is 12.0. The predicted molar refractivity (Wildman–Crippen MR) is 107 cm³/mol. The highest BCUT2D eigenvalue weighted by Gasteiger charge is 2.27. The highest BCUT2D eigenvalue weighted by Crippen LogP contribution is 2.44. The van der Waals surface area contributed by atoms with Crippen LogP contribution in [0.25, 0.3) is 0 Å². The lowest BCUT2D eigenvalue weighted by molar-refractivity contribution is 0.986. The molecule has 0 unspecified atom stereocenters. The van der Waals surface area contributed by atoms with Gasteiger partial charge < -0.3 is 9.80 Å². The van der Waals surface area contributed by atoms with Crippen molar-refractivity contribution in [3.8, 4) is 0 Å². The van der Waals surface area contributed by atoms with Crippen molar-refractivity contribution in [2.75, 3.05) is 16.5 Å². The highest BCUT2D eigenvalue weighted by atomic mass is 15.4. The first-order valence-corrected chi connectivity index (χ1v) is 8.82. The molecule has 4 rings (SSSR count). The molecule has 0 saturated heterocycles. The van der Waals surface area contributed by atoms with Gasteiger partial charge in [-0.15, -0.1) is 0 Å². The zero-order valence-electron chi connectivity index (χ0n) is 15.4. The van der Waals surface area contributed by atoms with Crippen molar-refractivity contribution in [1.29, 1.82) is 0 Å². The Bertz CT molecular complexity index is 826. The molecule has 0 aromatic heterocycles. The zero-order valence-corrected chi connectivity index (χ0v) is 15.4. The van der Waals surface area contributed by atoms with Crippen LogP contribution >= 0.6 is 0 Å². The van der Waals surface area contributed by atoms with E-state index in [2.05, 4.69) is 98.2 Å². The molecule has 0 atom stereocenters. The average molecular weight is 328 g/mol. The van der Waals surface area contributed by atoms with Gasteiger partial charge in [-0.05, 0) is 86.3 Å². The Hall–Kier alpha value is -2.74. The van der Waals surface area contributed by atoms with Crippen LogP contribution in [0.4, 0.5) is 22.7 Å². The third-order valence-electron chi connectivity index (χ3n) is 4.78. The Balaban J connectivity index is 1.82. The number of anilines is 4. The Morgan fingerprint density at radius 3 is 1.28 bits per heavy atom. The van der Waals surface area contributed by atoms with E-state index in [0.29, 0.717) is 0 Å². The quantitative estimate of drug-likeness (QED) is 0.555. The van der Waals surface area contributed by atoms with Crippen molar-refractivity contribution in [3.05, 3.63) is 82.9 Å². The first kappa shape index (κ1) is 15.8. The van der Waals surface area contributed by atoms with Crippen LogP contribution in [0.1, 0.15) is 22.3 Å². The fraction of sp³-hybridized carbons (Fsp3) is 0.217. The number of rotatable bonds is 2. The molecule has 3 aromatic carbocycles. The molecule has 0 N–H and O–H groups in total. The Morgan fingerprint density at radius 1 is 0.560 bits per heavy atom. The molecular formula is C23H24N2. The molecular weight excluding hydrogens is 304 g/mol. The Kier molecular flexibility index (Phi) is 3.76. The summed E-state index contributed by atoms with van der Waals surface area (Å²) in [5.74, 6) is 0. The second-order valence-corrected chi connectivity index (χ2v) is 7.18. The fourth-order valence-corrected chi connectivity index (χ4v) is 3.87. The molecule has 0 aliphatic carbocycles. The van der Waals surface area contributed by atoms with Crippen molar-refractivity contribution in [3.63, 3.8) is 0 Å². The third kappa shape index (κ3) is 2.89. The molecule has 2 heteroatoms. The van der Waals surface area contributed by atoms with Crippen molar-refractivity contribution in [2.24, 2.45) is 0 Å². The standard InChI is InChI=1S/C23H24N2/c1-16-9-17(2)12-20(11-16)24-15-25(23-8-6-5-7-22(23)24)21-13-18(3)10-19(4)14-21/h5-14H,15H2,1-4H3. The summed E-state index contributed by atoms with van der Waals surface area (Å²) in [6.45, 7) is 9.51. The molecule has 1 heterocycles.